The van der Waals surface area contributed by atoms with E-state index >= 15 is 0 Å². The van der Waals surface area contributed by atoms with Gasteiger partial charge in [-0.3, -0.25) is 4.79 Å². The van der Waals surface area contributed by atoms with Crippen LogP contribution < -0.4 is 4.90 Å². The van der Waals surface area contributed by atoms with Gasteiger partial charge >= 0.3 is 0 Å². The quantitative estimate of drug-likeness (QED) is 0.914. The lowest BCUT2D eigenvalue weighted by molar-refractivity contribution is 0.0983. The summed E-state index contributed by atoms with van der Waals surface area (Å²) >= 11 is 0. The highest BCUT2D eigenvalue weighted by atomic mass is 32.2. The Balaban J connectivity index is 1.91. The number of nitrogens with zero attached hydrogens (tertiary/aromatic N) is 1. The second-order valence-electron chi connectivity index (χ2n) is 6.63. The standard InChI is InChI=1S/C19H21NO4S/c1-13-10-11-20(18-16(13)4-3-5-17(18)21)19(22)15-8-6-14(7-9-15)12-25(2,23)24/h3-9,13,21H,10-12H2,1-2H3. The van der Waals surface area contributed by atoms with Crippen LogP contribution in [0.5, 0.6) is 5.75 Å². The summed E-state index contributed by atoms with van der Waals surface area (Å²) in [6.45, 7) is 2.62. The highest BCUT2D eigenvalue weighted by molar-refractivity contribution is 7.89. The van der Waals surface area contributed by atoms with Crippen molar-refractivity contribution in [3.8, 4) is 5.75 Å². The summed E-state index contributed by atoms with van der Waals surface area (Å²) in [7, 11) is -3.11. The van der Waals surface area contributed by atoms with Crippen molar-refractivity contribution in [3.05, 3.63) is 59.2 Å². The van der Waals surface area contributed by atoms with Gasteiger partial charge in [-0.2, -0.15) is 0 Å². The van der Waals surface area contributed by atoms with Gasteiger partial charge in [-0.15, -0.1) is 0 Å². The van der Waals surface area contributed by atoms with E-state index in [4.69, 9.17) is 0 Å². The first-order valence-electron chi connectivity index (χ1n) is 8.16. The molecule has 1 aliphatic heterocycles. The Hall–Kier alpha value is -2.34. The van der Waals surface area contributed by atoms with Crippen molar-refractivity contribution in [2.45, 2.75) is 25.0 Å². The molecule has 132 valence electrons. The SMILES string of the molecule is CC1CCN(C(=O)c2ccc(CS(C)(=O)=O)cc2)c2c(O)cccc21. The van der Waals surface area contributed by atoms with E-state index in [0.717, 1.165) is 12.0 Å². The van der Waals surface area contributed by atoms with Crippen LogP contribution in [0.25, 0.3) is 0 Å². The van der Waals surface area contributed by atoms with Crippen molar-refractivity contribution >= 4 is 21.4 Å². The number of phenolic OH excluding ortho intramolecular Hbond substituents is 1. The van der Waals surface area contributed by atoms with E-state index in [2.05, 4.69) is 6.92 Å². The van der Waals surface area contributed by atoms with Crippen LogP contribution in [0.4, 0.5) is 5.69 Å². The van der Waals surface area contributed by atoms with Gasteiger partial charge in [0.1, 0.15) is 5.75 Å². The van der Waals surface area contributed by atoms with Crippen molar-refractivity contribution in [2.75, 3.05) is 17.7 Å². The fourth-order valence-corrected chi connectivity index (χ4v) is 4.03. The second-order valence-corrected chi connectivity index (χ2v) is 8.77. The summed E-state index contributed by atoms with van der Waals surface area (Å²) in [5, 5.41) is 10.3. The zero-order valence-electron chi connectivity index (χ0n) is 14.3. The lowest BCUT2D eigenvalue weighted by atomic mass is 9.90. The van der Waals surface area contributed by atoms with E-state index in [1.54, 1.807) is 41.3 Å². The molecule has 6 heteroatoms. The van der Waals surface area contributed by atoms with Crippen LogP contribution in [0.15, 0.2) is 42.5 Å². The number of hydrogen-bond donors (Lipinski definition) is 1. The van der Waals surface area contributed by atoms with Gasteiger partial charge in [0.2, 0.25) is 0 Å². The topological polar surface area (TPSA) is 74.7 Å². The molecule has 1 heterocycles. The fourth-order valence-electron chi connectivity index (χ4n) is 3.24. The minimum Gasteiger partial charge on any atom is -0.506 e. The van der Waals surface area contributed by atoms with Crippen LogP contribution in [0, 0.1) is 0 Å². The Morgan fingerprint density at radius 1 is 1.20 bits per heavy atom. The van der Waals surface area contributed by atoms with Crippen molar-refractivity contribution in [1.29, 1.82) is 0 Å². The molecule has 0 saturated heterocycles. The Bertz CT molecular complexity index is 904. The minimum absolute atomic E-state index is 0.0493. The van der Waals surface area contributed by atoms with Gasteiger partial charge in [-0.05, 0) is 41.7 Å². The zero-order chi connectivity index (χ0) is 18.2. The predicted molar refractivity (Wildman–Crippen MR) is 97.8 cm³/mol. The first-order chi connectivity index (χ1) is 11.8. The van der Waals surface area contributed by atoms with Gasteiger partial charge in [0.05, 0.1) is 11.4 Å². The maximum Gasteiger partial charge on any atom is 0.258 e. The number of carbonyl (C=O) groups is 1. The number of para-hydroxylation sites is 1. The molecule has 0 radical (unpaired) electrons. The van der Waals surface area contributed by atoms with Crippen LogP contribution in [0.1, 0.15) is 40.7 Å². The van der Waals surface area contributed by atoms with Gasteiger partial charge in [0.15, 0.2) is 9.84 Å². The van der Waals surface area contributed by atoms with E-state index in [-0.39, 0.29) is 23.3 Å². The van der Waals surface area contributed by atoms with Gasteiger partial charge in [-0.1, -0.05) is 31.2 Å². The Morgan fingerprint density at radius 3 is 2.52 bits per heavy atom. The number of hydrogen-bond acceptors (Lipinski definition) is 4. The van der Waals surface area contributed by atoms with Gasteiger partial charge in [0.25, 0.3) is 5.91 Å². The van der Waals surface area contributed by atoms with Crippen molar-refractivity contribution in [3.63, 3.8) is 0 Å². The number of benzene rings is 2. The molecule has 25 heavy (non-hydrogen) atoms. The molecule has 1 atom stereocenters. The molecular formula is C19H21NO4S. The van der Waals surface area contributed by atoms with E-state index in [9.17, 15) is 18.3 Å². The molecule has 0 spiro atoms. The Kier molecular flexibility index (Phi) is 4.56. The predicted octanol–water partition coefficient (Wildman–Crippen LogP) is 3.09. The molecule has 1 unspecified atom stereocenters. The van der Waals surface area contributed by atoms with Crippen molar-refractivity contribution in [1.82, 2.24) is 0 Å². The van der Waals surface area contributed by atoms with Gasteiger partial charge in [-0.25, -0.2) is 8.42 Å². The average molecular weight is 359 g/mol. The van der Waals surface area contributed by atoms with Gasteiger partial charge in [0, 0.05) is 18.4 Å². The summed E-state index contributed by atoms with van der Waals surface area (Å²) in [5.41, 5.74) is 2.66. The number of fused-ring (bicyclic) bond motifs is 1. The lowest BCUT2D eigenvalue weighted by Crippen LogP contribution is -2.36. The number of sulfone groups is 1. The smallest absolute Gasteiger partial charge is 0.258 e. The first kappa shape index (κ1) is 17.5. The molecular weight excluding hydrogens is 338 g/mol. The minimum atomic E-state index is -3.11. The maximum atomic E-state index is 12.9. The molecule has 0 aromatic heterocycles. The van der Waals surface area contributed by atoms with Crippen LogP contribution in [-0.2, 0) is 15.6 Å². The monoisotopic (exact) mass is 359 g/mol. The molecule has 3 rings (SSSR count). The molecule has 0 aliphatic carbocycles. The molecule has 1 N–H and O–H groups in total. The molecule has 0 bridgehead atoms. The fraction of sp³-hybridized carbons (Fsp3) is 0.316. The summed E-state index contributed by atoms with van der Waals surface area (Å²) in [5.74, 6) is 0.140. The zero-order valence-corrected chi connectivity index (χ0v) is 15.1. The second kappa shape index (κ2) is 6.52. The summed E-state index contributed by atoms with van der Waals surface area (Å²) in [6, 6.07) is 11.9. The molecule has 2 aromatic carbocycles. The Morgan fingerprint density at radius 2 is 1.88 bits per heavy atom. The third kappa shape index (κ3) is 3.69. The number of amides is 1. The third-order valence-electron chi connectivity index (χ3n) is 4.51. The first-order valence-corrected chi connectivity index (χ1v) is 10.2. The maximum absolute atomic E-state index is 12.9. The van der Waals surface area contributed by atoms with E-state index < -0.39 is 9.84 Å². The molecule has 1 aliphatic rings. The van der Waals surface area contributed by atoms with Crippen molar-refractivity contribution in [2.24, 2.45) is 0 Å². The number of carbonyl (C=O) groups excluding carboxylic acids is 1. The number of phenols is 1. The molecule has 0 saturated carbocycles. The molecule has 0 fully saturated rings. The van der Waals surface area contributed by atoms with E-state index in [1.807, 2.05) is 6.07 Å². The van der Waals surface area contributed by atoms with Gasteiger partial charge < -0.3 is 10.0 Å². The summed E-state index contributed by atoms with van der Waals surface area (Å²) < 4.78 is 22.7. The number of rotatable bonds is 3. The largest absolute Gasteiger partial charge is 0.506 e. The van der Waals surface area contributed by atoms with Crippen LogP contribution in [0.3, 0.4) is 0 Å². The normalized spacial score (nSPS) is 17.2. The lowest BCUT2D eigenvalue weighted by Gasteiger charge is -2.33. The molecule has 5 nitrogen and oxygen atoms in total. The van der Waals surface area contributed by atoms with E-state index in [1.165, 1.54) is 6.26 Å². The van der Waals surface area contributed by atoms with Crippen LogP contribution in [0.2, 0.25) is 0 Å². The number of anilines is 1. The summed E-state index contributed by atoms with van der Waals surface area (Å²) in [4.78, 5) is 14.5. The highest BCUT2D eigenvalue weighted by Crippen LogP contribution is 2.41. The average Bonchev–Trinajstić information content (AvgIpc) is 2.55. The number of aromatic hydroxyl groups is 1. The van der Waals surface area contributed by atoms with Crippen LogP contribution in [-0.4, -0.2) is 32.2 Å². The Labute approximate surface area is 147 Å². The third-order valence-corrected chi connectivity index (χ3v) is 5.37. The highest BCUT2D eigenvalue weighted by Gasteiger charge is 2.29. The van der Waals surface area contributed by atoms with E-state index in [0.29, 0.717) is 23.4 Å². The molecule has 2 aromatic rings. The summed E-state index contributed by atoms with van der Waals surface area (Å²) in [6.07, 6.45) is 2.01. The van der Waals surface area contributed by atoms with Crippen molar-refractivity contribution < 1.29 is 18.3 Å². The molecule has 1 amide bonds. The van der Waals surface area contributed by atoms with Crippen LogP contribution >= 0.6 is 0 Å².